The first-order chi connectivity index (χ1) is 5.22. The monoisotopic (exact) mass is 158 g/mol. The van der Waals surface area contributed by atoms with Crippen LogP contribution in [0.4, 0.5) is 0 Å². The van der Waals surface area contributed by atoms with E-state index in [1.807, 2.05) is 6.92 Å². The standard InChI is InChI=1S/C6H10N2O3/c1-4(10-2)3-5-7-6(9)11-8-5/h4H,3H2,1-2H3,(H,7,8,9). The molecule has 0 fully saturated rings. The molecule has 0 saturated carbocycles. The Bertz CT molecular complexity index is 265. The normalized spacial score (nSPS) is 13.3. The summed E-state index contributed by atoms with van der Waals surface area (Å²) < 4.78 is 9.25. The summed E-state index contributed by atoms with van der Waals surface area (Å²) >= 11 is 0. The number of aromatic amines is 1. The van der Waals surface area contributed by atoms with E-state index >= 15 is 0 Å². The summed E-state index contributed by atoms with van der Waals surface area (Å²) in [6, 6.07) is 0. The van der Waals surface area contributed by atoms with Crippen molar-refractivity contribution in [2.45, 2.75) is 19.4 Å². The van der Waals surface area contributed by atoms with Gasteiger partial charge in [-0.1, -0.05) is 5.16 Å². The van der Waals surface area contributed by atoms with Crippen molar-refractivity contribution in [2.24, 2.45) is 0 Å². The summed E-state index contributed by atoms with van der Waals surface area (Å²) in [6.45, 7) is 1.88. The van der Waals surface area contributed by atoms with Gasteiger partial charge in [0, 0.05) is 13.5 Å². The van der Waals surface area contributed by atoms with E-state index in [1.165, 1.54) is 0 Å². The molecule has 1 unspecified atom stereocenters. The molecule has 1 atom stereocenters. The van der Waals surface area contributed by atoms with Gasteiger partial charge in [-0.15, -0.1) is 0 Å². The predicted molar refractivity (Wildman–Crippen MR) is 37.3 cm³/mol. The molecular weight excluding hydrogens is 148 g/mol. The van der Waals surface area contributed by atoms with Crippen molar-refractivity contribution >= 4 is 0 Å². The molecule has 1 aromatic rings. The number of nitrogens with one attached hydrogen (secondary N) is 1. The van der Waals surface area contributed by atoms with E-state index in [4.69, 9.17) is 4.74 Å². The highest BCUT2D eigenvalue weighted by Gasteiger charge is 2.05. The van der Waals surface area contributed by atoms with Gasteiger partial charge in [0.15, 0.2) is 5.82 Å². The first-order valence-electron chi connectivity index (χ1n) is 3.30. The van der Waals surface area contributed by atoms with Crippen molar-refractivity contribution in [3.63, 3.8) is 0 Å². The maximum Gasteiger partial charge on any atom is 0.438 e. The fourth-order valence-electron chi connectivity index (χ4n) is 0.704. The van der Waals surface area contributed by atoms with Crippen LogP contribution in [0, 0.1) is 0 Å². The zero-order valence-electron chi connectivity index (χ0n) is 6.46. The van der Waals surface area contributed by atoms with Crippen molar-refractivity contribution < 1.29 is 9.26 Å². The highest BCUT2D eigenvalue weighted by atomic mass is 16.5. The zero-order chi connectivity index (χ0) is 8.27. The summed E-state index contributed by atoms with van der Waals surface area (Å²) in [5.41, 5.74) is 0. The minimum absolute atomic E-state index is 0.0377. The molecule has 0 saturated heterocycles. The van der Waals surface area contributed by atoms with E-state index in [0.717, 1.165) is 0 Å². The van der Waals surface area contributed by atoms with Crippen molar-refractivity contribution in [2.75, 3.05) is 7.11 Å². The van der Waals surface area contributed by atoms with Crippen molar-refractivity contribution in [1.29, 1.82) is 0 Å². The Hall–Kier alpha value is -1.10. The summed E-state index contributed by atoms with van der Waals surface area (Å²) in [7, 11) is 1.60. The molecule has 0 aliphatic heterocycles. The molecule has 0 bridgehead atoms. The molecule has 1 aromatic heterocycles. The van der Waals surface area contributed by atoms with Crippen LogP contribution < -0.4 is 5.76 Å². The molecule has 11 heavy (non-hydrogen) atoms. The van der Waals surface area contributed by atoms with Gasteiger partial charge in [-0.2, -0.15) is 0 Å². The van der Waals surface area contributed by atoms with Crippen LogP contribution in [0.15, 0.2) is 9.32 Å². The minimum atomic E-state index is -0.525. The number of H-pyrrole nitrogens is 1. The average Bonchev–Trinajstić information content (AvgIpc) is 2.35. The molecule has 5 heteroatoms. The number of rotatable bonds is 3. The SMILES string of the molecule is COC(C)Cc1noc(=O)[nH]1. The quantitative estimate of drug-likeness (QED) is 0.669. The molecule has 0 amide bonds. The van der Waals surface area contributed by atoms with Gasteiger partial charge in [0.2, 0.25) is 0 Å². The lowest BCUT2D eigenvalue weighted by molar-refractivity contribution is 0.116. The summed E-state index contributed by atoms with van der Waals surface area (Å²) in [6.07, 6.45) is 0.596. The number of ether oxygens (including phenoxy) is 1. The maximum atomic E-state index is 10.4. The van der Waals surface area contributed by atoms with E-state index in [2.05, 4.69) is 14.7 Å². The van der Waals surface area contributed by atoms with Crippen LogP contribution >= 0.6 is 0 Å². The van der Waals surface area contributed by atoms with Gasteiger partial charge >= 0.3 is 5.76 Å². The van der Waals surface area contributed by atoms with Gasteiger partial charge < -0.3 is 4.74 Å². The number of aromatic nitrogens is 2. The predicted octanol–water partition coefficient (Wildman–Crippen LogP) is -0.0597. The smallest absolute Gasteiger partial charge is 0.381 e. The highest BCUT2D eigenvalue weighted by Crippen LogP contribution is 1.95. The fraction of sp³-hybridized carbons (Fsp3) is 0.667. The Balaban J connectivity index is 2.57. The van der Waals surface area contributed by atoms with Crippen LogP contribution in [0.2, 0.25) is 0 Å². The van der Waals surface area contributed by atoms with Gasteiger partial charge in [0.1, 0.15) is 0 Å². The van der Waals surface area contributed by atoms with Gasteiger partial charge in [0.05, 0.1) is 6.10 Å². The molecule has 0 aromatic carbocycles. The van der Waals surface area contributed by atoms with Gasteiger partial charge in [0.25, 0.3) is 0 Å². The van der Waals surface area contributed by atoms with Crippen LogP contribution in [-0.4, -0.2) is 23.4 Å². The molecule has 0 aliphatic rings. The molecule has 5 nitrogen and oxygen atoms in total. The Kier molecular flexibility index (Phi) is 2.43. The van der Waals surface area contributed by atoms with E-state index in [1.54, 1.807) is 7.11 Å². The summed E-state index contributed by atoms with van der Waals surface area (Å²) in [5, 5.41) is 3.48. The second-order valence-corrected chi connectivity index (χ2v) is 2.29. The summed E-state index contributed by atoms with van der Waals surface area (Å²) in [5.74, 6) is -0.00680. The van der Waals surface area contributed by atoms with Crippen LogP contribution in [0.3, 0.4) is 0 Å². The lowest BCUT2D eigenvalue weighted by Crippen LogP contribution is -2.10. The molecule has 0 spiro atoms. The van der Waals surface area contributed by atoms with E-state index in [-0.39, 0.29) is 6.10 Å². The Morgan fingerprint density at radius 1 is 1.82 bits per heavy atom. The number of nitrogens with zero attached hydrogens (tertiary/aromatic N) is 1. The van der Waals surface area contributed by atoms with Gasteiger partial charge in [-0.05, 0) is 6.92 Å². The molecule has 1 heterocycles. The van der Waals surface area contributed by atoms with Gasteiger partial charge in [-0.25, -0.2) is 4.79 Å². The fourth-order valence-corrected chi connectivity index (χ4v) is 0.704. The molecule has 1 N–H and O–H groups in total. The Morgan fingerprint density at radius 2 is 2.55 bits per heavy atom. The zero-order valence-corrected chi connectivity index (χ0v) is 6.46. The van der Waals surface area contributed by atoms with Gasteiger partial charge in [-0.3, -0.25) is 9.51 Å². The minimum Gasteiger partial charge on any atom is -0.381 e. The largest absolute Gasteiger partial charge is 0.438 e. The van der Waals surface area contributed by atoms with Crippen LogP contribution in [0.25, 0.3) is 0 Å². The highest BCUT2D eigenvalue weighted by molar-refractivity contribution is 4.80. The van der Waals surface area contributed by atoms with Crippen LogP contribution in [0.5, 0.6) is 0 Å². The number of methoxy groups -OCH3 is 1. The lowest BCUT2D eigenvalue weighted by atomic mass is 10.3. The van der Waals surface area contributed by atoms with E-state index in [0.29, 0.717) is 12.2 Å². The summed E-state index contributed by atoms with van der Waals surface area (Å²) in [4.78, 5) is 12.9. The Morgan fingerprint density at radius 3 is 3.00 bits per heavy atom. The molecule has 0 aliphatic carbocycles. The van der Waals surface area contributed by atoms with Crippen LogP contribution in [0.1, 0.15) is 12.7 Å². The first-order valence-corrected chi connectivity index (χ1v) is 3.30. The lowest BCUT2D eigenvalue weighted by Gasteiger charge is -2.04. The van der Waals surface area contributed by atoms with Crippen molar-refractivity contribution in [1.82, 2.24) is 10.1 Å². The van der Waals surface area contributed by atoms with Crippen LogP contribution in [-0.2, 0) is 11.2 Å². The topological polar surface area (TPSA) is 68.1 Å². The molecule has 1 rings (SSSR count). The number of hydrogen-bond donors (Lipinski definition) is 1. The van der Waals surface area contributed by atoms with E-state index < -0.39 is 5.76 Å². The third kappa shape index (κ3) is 2.19. The Labute approximate surface area is 63.4 Å². The van der Waals surface area contributed by atoms with Crippen molar-refractivity contribution in [3.8, 4) is 0 Å². The second kappa shape index (κ2) is 3.34. The molecule has 62 valence electrons. The third-order valence-electron chi connectivity index (χ3n) is 1.37. The first kappa shape index (κ1) is 8.00. The average molecular weight is 158 g/mol. The second-order valence-electron chi connectivity index (χ2n) is 2.29. The molecule has 0 radical (unpaired) electrons. The third-order valence-corrected chi connectivity index (χ3v) is 1.37. The number of hydrogen-bond acceptors (Lipinski definition) is 4. The maximum absolute atomic E-state index is 10.4. The van der Waals surface area contributed by atoms with Crippen molar-refractivity contribution in [3.05, 3.63) is 16.4 Å². The molecular formula is C6H10N2O3. The van der Waals surface area contributed by atoms with E-state index in [9.17, 15) is 4.79 Å².